The monoisotopic (exact) mass is 831 g/mol. The zero-order valence-corrected chi connectivity index (χ0v) is 33.4. The number of aromatic nitrogens is 4. The molecule has 0 aromatic carbocycles. The molecule has 0 aliphatic carbocycles. The first-order valence-corrected chi connectivity index (χ1v) is 18.8. The Bertz CT molecular complexity index is 1750. The van der Waals surface area contributed by atoms with Crippen molar-refractivity contribution in [2.45, 2.75) is 102 Å². The van der Waals surface area contributed by atoms with Gasteiger partial charge in [0.15, 0.2) is 5.96 Å². The Morgan fingerprint density at radius 3 is 1.80 bits per heavy atom. The molecule has 2 heterocycles. The van der Waals surface area contributed by atoms with Crippen LogP contribution in [0.3, 0.4) is 0 Å². The Morgan fingerprint density at radius 1 is 0.729 bits per heavy atom. The first-order valence-electron chi connectivity index (χ1n) is 18.8. The van der Waals surface area contributed by atoms with E-state index in [0.29, 0.717) is 11.4 Å². The van der Waals surface area contributed by atoms with Crippen molar-refractivity contribution in [2.24, 2.45) is 39.8 Å². The lowest BCUT2D eigenvalue weighted by Gasteiger charge is -2.27. The maximum atomic E-state index is 13.9. The van der Waals surface area contributed by atoms with E-state index >= 15 is 0 Å². The van der Waals surface area contributed by atoms with Crippen LogP contribution in [0.2, 0.25) is 0 Å². The van der Waals surface area contributed by atoms with Gasteiger partial charge in [0.25, 0.3) is 0 Å². The second-order valence-corrected chi connectivity index (χ2v) is 14.5. The van der Waals surface area contributed by atoms with Gasteiger partial charge in [0.05, 0.1) is 31.7 Å². The van der Waals surface area contributed by atoms with Gasteiger partial charge in [-0.1, -0.05) is 27.7 Å². The Morgan fingerprint density at radius 2 is 1.29 bits per heavy atom. The van der Waals surface area contributed by atoms with E-state index in [9.17, 15) is 43.5 Å². The van der Waals surface area contributed by atoms with Gasteiger partial charge in [0.1, 0.15) is 30.2 Å². The molecule has 0 aliphatic rings. The lowest BCUT2D eigenvalue weighted by atomic mass is 10.0. The molecule has 0 saturated heterocycles. The number of hydrogen-bond acceptors (Lipinski definition) is 12. The van der Waals surface area contributed by atoms with Crippen LogP contribution in [0.4, 0.5) is 0 Å². The first-order chi connectivity index (χ1) is 27.8. The fraction of sp³-hybridized carbons (Fsp3) is 0.571. The number of nitrogens with one attached hydrogen (secondary N) is 8. The Balaban J connectivity index is 2.23. The number of carbonyl (C=O) groups is 8. The number of primary amides is 1. The van der Waals surface area contributed by atoms with Gasteiger partial charge in [-0.25, -0.2) is 14.8 Å². The second kappa shape index (κ2) is 24.2. The van der Waals surface area contributed by atoms with Gasteiger partial charge in [-0.15, -0.1) is 0 Å². The third-order valence-corrected chi connectivity index (χ3v) is 8.57. The van der Waals surface area contributed by atoms with Gasteiger partial charge in [0.2, 0.25) is 41.4 Å². The molecule has 0 aliphatic heterocycles. The Kier molecular flexibility index (Phi) is 20.0. The molecule has 0 unspecified atom stereocenters. The highest BCUT2D eigenvalue weighted by molar-refractivity contribution is 5.97. The van der Waals surface area contributed by atoms with Crippen LogP contribution in [-0.2, 0) is 51.2 Å². The third-order valence-electron chi connectivity index (χ3n) is 8.57. The summed E-state index contributed by atoms with van der Waals surface area (Å²) in [5, 5.41) is 24.8. The lowest BCUT2D eigenvalue weighted by molar-refractivity contribution is -0.142. The highest BCUT2D eigenvalue weighted by Gasteiger charge is 2.33. The molecule has 0 spiro atoms. The number of carboxylic acids is 1. The number of guanidine groups is 1. The fourth-order valence-electron chi connectivity index (χ4n) is 5.56. The van der Waals surface area contributed by atoms with Crippen molar-refractivity contribution < 1.29 is 43.5 Å². The number of imidazole rings is 2. The van der Waals surface area contributed by atoms with Crippen LogP contribution >= 0.6 is 0 Å². The van der Waals surface area contributed by atoms with E-state index in [2.05, 4.69) is 56.8 Å². The summed E-state index contributed by atoms with van der Waals surface area (Å²) in [5.74, 6) is -7.72. The number of nitrogens with two attached hydrogens (primary N) is 4. The highest BCUT2D eigenvalue weighted by atomic mass is 16.4. The number of hydrogen-bond donors (Lipinski definition) is 13. The molecule has 59 heavy (non-hydrogen) atoms. The summed E-state index contributed by atoms with van der Waals surface area (Å²) < 4.78 is 0. The molecule has 0 saturated carbocycles. The van der Waals surface area contributed by atoms with Crippen molar-refractivity contribution in [1.82, 2.24) is 51.8 Å². The van der Waals surface area contributed by atoms with Gasteiger partial charge in [-0.3, -0.25) is 38.6 Å². The molecule has 17 N–H and O–H groups in total. The molecule has 0 fully saturated rings. The summed E-state index contributed by atoms with van der Waals surface area (Å²) in [6.45, 7) is 6.30. The number of carbonyl (C=O) groups excluding carboxylic acids is 7. The summed E-state index contributed by atoms with van der Waals surface area (Å²) in [6, 6.07) is -7.67. The number of aliphatic imine (C=N–C) groups is 1. The van der Waals surface area contributed by atoms with Crippen LogP contribution in [0.25, 0.3) is 0 Å². The highest BCUT2D eigenvalue weighted by Crippen LogP contribution is 2.09. The van der Waals surface area contributed by atoms with Crippen LogP contribution in [0, 0.1) is 11.8 Å². The average Bonchev–Trinajstić information content (AvgIpc) is 3.87. The topological polar surface area (TPSA) is 403 Å². The molecule has 2 aromatic heterocycles. The maximum Gasteiger partial charge on any atom is 0.326 e. The fourth-order valence-corrected chi connectivity index (χ4v) is 5.56. The standard InChI is InChI=1S/C35H57N15O9/c1-17(2)8-23(31(55)49-25(34(58)59)10-20-13-41-16-45-20)46-27(52)14-43-30(54)22(6-5-7-42-35(38)39)47-32(56)24(9-19-12-40-15-44-19)48-33(57)28(18(3)4)50-29(53)21(36)11-26(37)51/h12-13,15-18,21-25,28H,5-11,14,36H2,1-4H3,(H2,37,51)(H,40,44)(H,41,45)(H,43,54)(H,46,52)(H,47,56)(H,48,57)(H,49,55)(H,50,53)(H,58,59)(H4,38,39,42)/t21-,22-,23-,24-,25-,28-/m0/s1. The largest absolute Gasteiger partial charge is 0.480 e. The lowest BCUT2D eigenvalue weighted by Crippen LogP contribution is -2.59. The number of carboxylic acid groups (broad SMARTS) is 1. The summed E-state index contributed by atoms with van der Waals surface area (Å²) in [4.78, 5) is 120. The molecule has 2 aromatic rings. The van der Waals surface area contributed by atoms with Crippen molar-refractivity contribution >= 4 is 53.3 Å². The minimum Gasteiger partial charge on any atom is -0.480 e. The normalized spacial score (nSPS) is 14.1. The van der Waals surface area contributed by atoms with Crippen molar-refractivity contribution in [3.63, 3.8) is 0 Å². The molecular formula is C35H57N15O9. The Labute approximate surface area is 340 Å². The third kappa shape index (κ3) is 18.0. The summed E-state index contributed by atoms with van der Waals surface area (Å²) >= 11 is 0. The SMILES string of the molecule is CC(C)C[C@H](NC(=O)CNC(=O)[C@H](CCCN=C(N)N)NC(=O)[C@H](Cc1cnc[nH]1)NC(=O)[C@@H](NC(=O)[C@@H](N)CC(N)=O)C(C)C)C(=O)N[C@@H](Cc1cnc[nH]1)C(=O)O. The molecule has 24 heteroatoms. The molecule has 0 bridgehead atoms. The molecule has 2 rings (SSSR count). The average molecular weight is 832 g/mol. The predicted molar refractivity (Wildman–Crippen MR) is 211 cm³/mol. The van der Waals surface area contributed by atoms with Crippen LogP contribution in [-0.4, -0.2) is 128 Å². The van der Waals surface area contributed by atoms with E-state index in [0.717, 1.165) is 0 Å². The van der Waals surface area contributed by atoms with Crippen LogP contribution < -0.4 is 54.8 Å². The van der Waals surface area contributed by atoms with Crippen LogP contribution in [0.1, 0.15) is 64.8 Å². The molecule has 7 amide bonds. The van der Waals surface area contributed by atoms with Gasteiger partial charge in [0, 0.05) is 43.2 Å². The molecule has 0 radical (unpaired) electrons. The van der Waals surface area contributed by atoms with Gasteiger partial charge >= 0.3 is 5.97 Å². The zero-order valence-electron chi connectivity index (χ0n) is 33.4. The summed E-state index contributed by atoms with van der Waals surface area (Å²) in [5.41, 5.74) is 22.7. The molecule has 24 nitrogen and oxygen atoms in total. The number of aromatic amines is 2. The van der Waals surface area contributed by atoms with Gasteiger partial charge < -0.3 is 69.9 Å². The van der Waals surface area contributed by atoms with E-state index in [1.807, 2.05) is 0 Å². The van der Waals surface area contributed by atoms with Crippen molar-refractivity contribution in [1.29, 1.82) is 0 Å². The predicted octanol–water partition coefficient (Wildman–Crippen LogP) is -4.50. The molecule has 326 valence electrons. The summed E-state index contributed by atoms with van der Waals surface area (Å²) in [6.07, 6.45) is 5.16. The van der Waals surface area contributed by atoms with Crippen LogP contribution in [0.5, 0.6) is 0 Å². The Hall–Kier alpha value is -6.59. The number of rotatable bonds is 26. The smallest absolute Gasteiger partial charge is 0.326 e. The van der Waals surface area contributed by atoms with E-state index in [4.69, 9.17) is 22.9 Å². The van der Waals surface area contributed by atoms with Crippen molar-refractivity contribution in [3.05, 3.63) is 36.4 Å². The second-order valence-electron chi connectivity index (χ2n) is 14.5. The van der Waals surface area contributed by atoms with Crippen molar-refractivity contribution in [3.8, 4) is 0 Å². The minimum atomic E-state index is -1.34. The zero-order chi connectivity index (χ0) is 44.2. The number of H-pyrrole nitrogens is 2. The number of nitrogens with zero attached hydrogens (tertiary/aromatic N) is 3. The molecular weight excluding hydrogens is 774 g/mol. The maximum absolute atomic E-state index is 13.9. The number of aliphatic carboxylic acids is 1. The van der Waals surface area contributed by atoms with Crippen molar-refractivity contribution in [2.75, 3.05) is 13.1 Å². The van der Waals surface area contributed by atoms with Gasteiger partial charge in [-0.05, 0) is 31.1 Å². The molecule has 6 atom stereocenters. The van der Waals surface area contributed by atoms with E-state index < -0.39 is 102 Å². The minimum absolute atomic E-state index is 0.0333. The quantitative estimate of drug-likeness (QED) is 0.0242. The van der Waals surface area contributed by atoms with E-state index in [-0.39, 0.29) is 50.5 Å². The first kappa shape index (κ1) is 48.6. The van der Waals surface area contributed by atoms with E-state index in [1.54, 1.807) is 27.7 Å². The van der Waals surface area contributed by atoms with E-state index in [1.165, 1.54) is 25.0 Å². The summed E-state index contributed by atoms with van der Waals surface area (Å²) in [7, 11) is 0. The van der Waals surface area contributed by atoms with Crippen LogP contribution in [0.15, 0.2) is 30.0 Å². The number of amides is 7. The van der Waals surface area contributed by atoms with Gasteiger partial charge in [-0.2, -0.15) is 0 Å².